The minimum atomic E-state index is -0.367. The lowest BCUT2D eigenvalue weighted by molar-refractivity contribution is -0.0932. The van der Waals surface area contributed by atoms with Gasteiger partial charge in [-0.1, -0.05) is 24.3 Å². The average molecular weight is 489 g/mol. The van der Waals surface area contributed by atoms with E-state index in [1.54, 1.807) is 0 Å². The Labute approximate surface area is 218 Å². The number of nitrogens with zero attached hydrogens (tertiary/aromatic N) is 4. The molecule has 2 aromatic carbocycles. The average Bonchev–Trinajstić information content (AvgIpc) is 3.47. The van der Waals surface area contributed by atoms with Crippen molar-refractivity contribution in [2.45, 2.75) is 50.9 Å². The smallest absolute Gasteiger partial charge is 0.0991 e. The highest BCUT2D eigenvalue weighted by Crippen LogP contribution is 2.42. The van der Waals surface area contributed by atoms with Crippen LogP contribution in [-0.2, 0) is 10.3 Å². The lowest BCUT2D eigenvalue weighted by Gasteiger charge is -2.47. The summed E-state index contributed by atoms with van der Waals surface area (Å²) in [4.78, 5) is 12.2. The van der Waals surface area contributed by atoms with Crippen LogP contribution in [-0.4, -0.2) is 47.9 Å². The van der Waals surface area contributed by atoms with Crippen LogP contribution in [0.3, 0.4) is 0 Å². The van der Waals surface area contributed by atoms with Crippen LogP contribution in [0.15, 0.2) is 71.9 Å². The molecule has 1 fully saturated rings. The molecule has 1 unspecified atom stereocenters. The molecule has 2 aliphatic heterocycles. The molecule has 37 heavy (non-hydrogen) atoms. The number of pyridine rings is 1. The van der Waals surface area contributed by atoms with Gasteiger partial charge in [-0.05, 0) is 91.8 Å². The molecule has 0 bridgehead atoms. The molecule has 0 radical (unpaired) electrons. The second kappa shape index (κ2) is 9.70. The number of nitriles is 1. The van der Waals surface area contributed by atoms with Crippen molar-refractivity contribution in [1.82, 2.24) is 9.88 Å². The zero-order chi connectivity index (χ0) is 25.4. The van der Waals surface area contributed by atoms with Gasteiger partial charge in [0.25, 0.3) is 0 Å². The molecule has 0 saturated carbocycles. The third-order valence-corrected chi connectivity index (χ3v) is 7.94. The minimum absolute atomic E-state index is 0.152. The first-order valence-corrected chi connectivity index (χ1v) is 13.3. The number of dihydropyridines is 1. The SMILES string of the molecule is C[C@@H]1CN(C2(c3cc(-c4ccc(C#N)cc4)c4nccc(C5=CCCC5)c4c3)C=CC=NC2)C[C@H](C)O1. The summed E-state index contributed by atoms with van der Waals surface area (Å²) < 4.78 is 6.11. The number of hydrogen-bond acceptors (Lipinski definition) is 5. The fourth-order valence-corrected chi connectivity index (χ4v) is 6.23. The van der Waals surface area contributed by atoms with Gasteiger partial charge in [-0.3, -0.25) is 14.9 Å². The van der Waals surface area contributed by atoms with E-state index in [9.17, 15) is 5.26 Å². The fourth-order valence-electron chi connectivity index (χ4n) is 6.23. The van der Waals surface area contributed by atoms with Gasteiger partial charge in [0.1, 0.15) is 0 Å². The van der Waals surface area contributed by atoms with Crippen molar-refractivity contribution in [3.05, 3.63) is 83.6 Å². The van der Waals surface area contributed by atoms with Crippen molar-refractivity contribution >= 4 is 22.7 Å². The van der Waals surface area contributed by atoms with Crippen LogP contribution < -0.4 is 0 Å². The summed E-state index contributed by atoms with van der Waals surface area (Å²) >= 11 is 0. The third-order valence-electron chi connectivity index (χ3n) is 7.94. The molecule has 3 atom stereocenters. The minimum Gasteiger partial charge on any atom is -0.373 e. The van der Waals surface area contributed by atoms with E-state index in [4.69, 9.17) is 14.7 Å². The maximum atomic E-state index is 9.36. The van der Waals surface area contributed by atoms with Crippen LogP contribution in [0.1, 0.15) is 49.8 Å². The molecule has 1 aromatic heterocycles. The highest BCUT2D eigenvalue weighted by atomic mass is 16.5. The Kier molecular flexibility index (Phi) is 6.24. The van der Waals surface area contributed by atoms with Crippen LogP contribution >= 0.6 is 0 Å². The maximum Gasteiger partial charge on any atom is 0.0991 e. The number of ether oxygens (including phenoxy) is 1. The van der Waals surface area contributed by atoms with E-state index in [2.05, 4.69) is 61.2 Å². The third kappa shape index (κ3) is 4.31. The van der Waals surface area contributed by atoms with Gasteiger partial charge in [0.2, 0.25) is 0 Å². The normalized spacial score (nSPS) is 25.8. The second-order valence-corrected chi connectivity index (χ2v) is 10.5. The predicted octanol–water partition coefficient (Wildman–Crippen LogP) is 6.29. The van der Waals surface area contributed by atoms with Crippen molar-refractivity contribution in [3.8, 4) is 17.2 Å². The van der Waals surface area contributed by atoms with Crippen molar-refractivity contribution in [3.63, 3.8) is 0 Å². The van der Waals surface area contributed by atoms with Gasteiger partial charge < -0.3 is 4.74 Å². The van der Waals surface area contributed by atoms with Gasteiger partial charge in [-0.15, -0.1) is 0 Å². The number of allylic oxidation sites excluding steroid dienone is 3. The standard InChI is InChI=1S/C32H32N4O/c1-22-19-36(20-23(2)37-22)32(13-5-14-34-21-32)27-16-29(26-10-8-24(18-33)9-11-26)31-30(17-27)28(12-15-35-31)25-6-3-4-7-25/h5-6,8-17,22-23H,3-4,7,19-21H2,1-2H3/t22-,23+,32?. The zero-order valence-electron chi connectivity index (χ0n) is 21.5. The predicted molar refractivity (Wildman–Crippen MR) is 149 cm³/mol. The van der Waals surface area contributed by atoms with Crippen LogP contribution in [0, 0.1) is 11.3 Å². The number of aromatic nitrogens is 1. The first-order chi connectivity index (χ1) is 18.1. The van der Waals surface area contributed by atoms with Gasteiger partial charge in [0.15, 0.2) is 0 Å². The van der Waals surface area contributed by atoms with Crippen molar-refractivity contribution in [2.75, 3.05) is 19.6 Å². The van der Waals surface area contributed by atoms with E-state index in [0.717, 1.165) is 42.6 Å². The number of morpholine rings is 1. The Morgan fingerprint density at radius 2 is 1.86 bits per heavy atom. The van der Waals surface area contributed by atoms with Crippen LogP contribution in [0.25, 0.3) is 27.6 Å². The van der Waals surface area contributed by atoms with E-state index < -0.39 is 0 Å². The molecule has 3 aliphatic rings. The van der Waals surface area contributed by atoms with Gasteiger partial charge in [0.05, 0.1) is 41.4 Å². The number of rotatable bonds is 4. The molecule has 0 N–H and O–H groups in total. The first kappa shape index (κ1) is 23.8. The van der Waals surface area contributed by atoms with E-state index in [1.807, 2.05) is 36.7 Å². The molecular weight excluding hydrogens is 456 g/mol. The molecule has 3 heterocycles. The van der Waals surface area contributed by atoms with Gasteiger partial charge in [0, 0.05) is 36.5 Å². The lowest BCUT2D eigenvalue weighted by Crippen LogP contribution is -2.56. The van der Waals surface area contributed by atoms with Gasteiger partial charge in [-0.25, -0.2) is 0 Å². The summed E-state index contributed by atoms with van der Waals surface area (Å²) in [5.74, 6) is 0. The van der Waals surface area contributed by atoms with Crippen molar-refractivity contribution in [1.29, 1.82) is 5.26 Å². The largest absolute Gasteiger partial charge is 0.373 e. The Morgan fingerprint density at radius 1 is 1.05 bits per heavy atom. The Hall–Kier alpha value is -3.59. The highest BCUT2D eigenvalue weighted by Gasteiger charge is 2.41. The van der Waals surface area contributed by atoms with Crippen LogP contribution in [0.2, 0.25) is 0 Å². The molecule has 3 aromatic rings. The maximum absolute atomic E-state index is 9.36. The second-order valence-electron chi connectivity index (χ2n) is 10.5. The molecule has 6 rings (SSSR count). The molecule has 1 saturated heterocycles. The van der Waals surface area contributed by atoms with E-state index in [1.165, 1.54) is 28.5 Å². The van der Waals surface area contributed by atoms with E-state index in [-0.39, 0.29) is 17.7 Å². The van der Waals surface area contributed by atoms with E-state index >= 15 is 0 Å². The summed E-state index contributed by atoms with van der Waals surface area (Å²) in [5, 5.41) is 10.5. The quantitative estimate of drug-likeness (QED) is 0.433. The first-order valence-electron chi connectivity index (χ1n) is 13.3. The fraction of sp³-hybridized carbons (Fsp3) is 0.344. The molecular formula is C32H32N4O. The molecule has 0 amide bonds. The Balaban J connectivity index is 1.61. The number of hydrogen-bond donors (Lipinski definition) is 0. The number of benzene rings is 2. The van der Waals surface area contributed by atoms with Gasteiger partial charge in [-0.2, -0.15) is 5.26 Å². The van der Waals surface area contributed by atoms with Crippen LogP contribution in [0.5, 0.6) is 0 Å². The highest BCUT2D eigenvalue weighted by molar-refractivity contribution is 6.01. The van der Waals surface area contributed by atoms with E-state index in [0.29, 0.717) is 12.1 Å². The Bertz CT molecular complexity index is 1450. The monoisotopic (exact) mass is 488 g/mol. The number of aliphatic imine (C=N–C) groups is 1. The molecule has 0 spiro atoms. The summed E-state index contributed by atoms with van der Waals surface area (Å²) in [6.45, 7) is 6.67. The van der Waals surface area contributed by atoms with Crippen molar-refractivity contribution in [2.24, 2.45) is 4.99 Å². The number of fused-ring (bicyclic) bond motifs is 1. The summed E-state index contributed by atoms with van der Waals surface area (Å²) in [6, 6.07) is 17.0. The lowest BCUT2D eigenvalue weighted by atomic mass is 9.82. The zero-order valence-corrected chi connectivity index (χ0v) is 21.5. The summed E-state index contributed by atoms with van der Waals surface area (Å²) in [5.41, 5.74) is 7.37. The van der Waals surface area contributed by atoms with Gasteiger partial charge >= 0.3 is 0 Å². The Morgan fingerprint density at radius 3 is 2.54 bits per heavy atom. The van der Waals surface area contributed by atoms with Crippen LogP contribution in [0.4, 0.5) is 0 Å². The summed E-state index contributed by atoms with van der Waals surface area (Å²) in [6.07, 6.45) is 14.4. The molecule has 5 heteroatoms. The molecule has 5 nitrogen and oxygen atoms in total. The molecule has 186 valence electrons. The van der Waals surface area contributed by atoms with Crippen molar-refractivity contribution < 1.29 is 4.74 Å². The topological polar surface area (TPSA) is 61.5 Å². The summed E-state index contributed by atoms with van der Waals surface area (Å²) in [7, 11) is 0. The molecule has 1 aliphatic carbocycles.